The maximum Gasteiger partial charge on any atom is 0.244 e. The Bertz CT molecular complexity index is 3950. The molecule has 672 valence electrons. The molecule has 6 aromatic carbocycles. The summed E-state index contributed by atoms with van der Waals surface area (Å²) >= 11 is 0. The highest BCUT2D eigenvalue weighted by Gasteiger charge is 2.60. The fourth-order valence-electron chi connectivity index (χ4n) is 15.8. The van der Waals surface area contributed by atoms with Crippen molar-refractivity contribution in [1.29, 1.82) is 0 Å². The van der Waals surface area contributed by atoms with Crippen LogP contribution in [0, 0.1) is 0 Å². The summed E-state index contributed by atoms with van der Waals surface area (Å²) in [6, 6.07) is 39.3. The smallest absolute Gasteiger partial charge is 0.244 e. The van der Waals surface area contributed by atoms with Crippen molar-refractivity contribution in [2.75, 3.05) is 39.6 Å². The van der Waals surface area contributed by atoms with Crippen LogP contribution in [0.2, 0.25) is 0 Å². The van der Waals surface area contributed by atoms with Crippen LogP contribution in [0.4, 0.5) is 0 Å². The Morgan fingerprint density at radius 2 is 0.341 bits per heavy atom. The number of nitrogens with one attached hydrogen (secondary N) is 6. The van der Waals surface area contributed by atoms with Gasteiger partial charge in [-0.3, -0.25) is 28.8 Å². The van der Waals surface area contributed by atoms with Crippen molar-refractivity contribution < 1.29 is 147 Å². The topological polar surface area (TPSA) is 528 Å². The minimum Gasteiger partial charge on any atom is -0.394 e. The zero-order chi connectivity index (χ0) is 88.9. The van der Waals surface area contributed by atoms with Crippen LogP contribution in [-0.4, -0.2) is 320 Å². The van der Waals surface area contributed by atoms with Crippen LogP contribution < -0.4 is 31.9 Å². The molecular formula is C90H102N6O30. The Morgan fingerprint density at radius 3 is 0.460 bits per heavy atom. The van der Waals surface area contributed by atoms with Crippen LogP contribution in [-0.2, 0) is 85.6 Å². The molecule has 6 amide bonds. The molecule has 22 fully saturated rings. The molecule has 0 spiro atoms. The number of carbonyl (C=O) groups excluding carboxylic acids is 6. The minimum absolute atomic E-state index is 0.527. The molecule has 18 N–H and O–H groups in total. The average molecular weight is 1750 g/mol. The maximum atomic E-state index is 14.5. The lowest BCUT2D eigenvalue weighted by atomic mass is 9.91. The summed E-state index contributed by atoms with van der Waals surface area (Å²) in [6.45, 7) is -6.68. The summed E-state index contributed by atoms with van der Waals surface area (Å²) in [7, 11) is 0. The molecule has 36 nitrogen and oxygen atoms in total. The zero-order valence-electron chi connectivity index (χ0n) is 67.5. The van der Waals surface area contributed by atoms with E-state index in [1.54, 1.807) is 182 Å². The first-order chi connectivity index (χ1) is 61.1. The summed E-state index contributed by atoms with van der Waals surface area (Å²) in [6.07, 6.45) is -34.2. The number of ether oxygens (including phenoxy) is 12. The molecule has 22 aliphatic heterocycles. The third-order valence-corrected chi connectivity index (χ3v) is 22.1. The number of rotatable bonds is 24. The first-order valence-corrected chi connectivity index (χ1v) is 40.9. The summed E-state index contributed by atoms with van der Waals surface area (Å²) in [5.74, 6) is -5.68. The largest absolute Gasteiger partial charge is 0.394 e. The molecule has 22 heterocycles. The maximum absolute atomic E-state index is 14.5. The number of hydrogen-bond acceptors (Lipinski definition) is 30. The van der Waals surface area contributed by atoms with Gasteiger partial charge in [-0.05, 0) is 69.8 Å². The van der Waals surface area contributed by atoms with Crippen molar-refractivity contribution in [2.24, 2.45) is 0 Å². The monoisotopic (exact) mass is 1750 g/mol. The molecule has 0 aromatic heterocycles. The highest BCUT2D eigenvalue weighted by Crippen LogP contribution is 2.39. The van der Waals surface area contributed by atoms with E-state index >= 15 is 0 Å². The Balaban J connectivity index is 0.940. The summed E-state index contributed by atoms with van der Waals surface area (Å²) in [5.41, 5.74) is 3.16. The van der Waals surface area contributed by atoms with Gasteiger partial charge in [-0.2, -0.15) is 0 Å². The number of benzene rings is 6. The van der Waals surface area contributed by atoms with Gasteiger partial charge in [-0.15, -0.1) is 0 Å². The Kier molecular flexibility index (Phi) is 33.2. The summed E-state index contributed by atoms with van der Waals surface area (Å²) < 4.78 is 77.8. The molecule has 36 heteroatoms. The van der Waals surface area contributed by atoms with E-state index in [-0.39, 0.29) is 0 Å². The van der Waals surface area contributed by atoms with Gasteiger partial charge in [0.05, 0.1) is 75.9 Å². The number of amides is 6. The summed E-state index contributed by atoms with van der Waals surface area (Å²) in [4.78, 5) is 87.0. The predicted octanol–water partition coefficient (Wildman–Crippen LogP) is -2.03. The van der Waals surface area contributed by atoms with Crippen molar-refractivity contribution in [3.8, 4) is 0 Å². The Hall–Kier alpha value is -10.4. The second kappa shape index (κ2) is 44.9. The van der Waals surface area contributed by atoms with Crippen molar-refractivity contribution in [3.63, 3.8) is 0 Å². The molecule has 22 aliphatic rings. The van der Waals surface area contributed by atoms with Crippen LogP contribution >= 0.6 is 0 Å². The van der Waals surface area contributed by atoms with E-state index in [9.17, 15) is 90.0 Å². The van der Waals surface area contributed by atoms with Crippen LogP contribution in [0.1, 0.15) is 33.4 Å². The fraction of sp³-hybridized carbons (Fsp3) is 0.400. The van der Waals surface area contributed by atoms with Gasteiger partial charge in [-0.25, -0.2) is 0 Å². The van der Waals surface area contributed by atoms with Crippen molar-refractivity contribution in [1.82, 2.24) is 31.9 Å². The molecule has 28 rings (SSSR count). The van der Waals surface area contributed by atoms with Gasteiger partial charge >= 0.3 is 0 Å². The number of aliphatic hydroxyl groups excluding tert-OH is 12. The van der Waals surface area contributed by atoms with Crippen molar-refractivity contribution in [3.05, 3.63) is 252 Å². The molecule has 22 saturated heterocycles. The molecular weight excluding hydrogens is 1650 g/mol. The van der Waals surface area contributed by atoms with Crippen molar-refractivity contribution in [2.45, 2.75) is 184 Å². The highest BCUT2D eigenvalue weighted by molar-refractivity contribution is 5.95. The van der Waals surface area contributed by atoms with Crippen molar-refractivity contribution >= 4 is 71.9 Å². The van der Waals surface area contributed by atoms with Gasteiger partial charge in [0.15, 0.2) is 37.7 Å². The summed E-state index contributed by atoms with van der Waals surface area (Å²) in [5, 5.41) is 163. The highest BCUT2D eigenvalue weighted by atomic mass is 16.8. The van der Waals surface area contributed by atoms with E-state index in [0.717, 1.165) is 36.5 Å². The molecule has 6 aromatic rings. The Morgan fingerprint density at radius 1 is 0.214 bits per heavy atom. The molecule has 30 atom stereocenters. The third kappa shape index (κ3) is 23.5. The number of carbonyl (C=O) groups is 6. The van der Waals surface area contributed by atoms with Crippen LogP contribution in [0.5, 0.6) is 0 Å². The second-order valence-corrected chi connectivity index (χ2v) is 30.6. The molecule has 126 heavy (non-hydrogen) atoms. The quantitative estimate of drug-likeness (QED) is 0.0291. The first-order valence-electron chi connectivity index (χ1n) is 40.9. The molecule has 12 bridgehead atoms. The van der Waals surface area contributed by atoms with Crippen LogP contribution in [0.15, 0.2) is 218 Å². The molecule has 0 radical (unpaired) electrons. The van der Waals surface area contributed by atoms with Gasteiger partial charge in [0.2, 0.25) is 35.4 Å². The van der Waals surface area contributed by atoms with E-state index in [4.69, 9.17) is 56.8 Å². The number of aliphatic hydroxyl groups is 12. The Labute approximate surface area is 722 Å². The predicted molar refractivity (Wildman–Crippen MR) is 444 cm³/mol. The fourth-order valence-corrected chi connectivity index (χ4v) is 15.8. The normalized spacial score (nSPS) is 34.5. The second-order valence-electron chi connectivity index (χ2n) is 30.6. The molecule has 0 saturated carbocycles. The van der Waals surface area contributed by atoms with Crippen LogP contribution in [0.3, 0.4) is 0 Å². The van der Waals surface area contributed by atoms with Gasteiger partial charge < -0.3 is 150 Å². The lowest BCUT2D eigenvalue weighted by Crippen LogP contribution is -2.73. The average Bonchev–Trinajstić information content (AvgIpc) is 0.760. The lowest BCUT2D eigenvalue weighted by Gasteiger charge is -2.52. The lowest BCUT2D eigenvalue weighted by molar-refractivity contribution is -0.382. The van der Waals surface area contributed by atoms with E-state index < -0.39 is 259 Å². The molecule has 0 unspecified atom stereocenters. The SMILES string of the molecule is O=C(/C=C/c1ccccc1)N[C@@H]1[C@@H](O)[C@H]2O[C@H]3[C@H](NC(=O)/C=C/c4ccccc4)[C@@H](O)[C@@H](O[C@H]4[C@H](NC(=O)/C=C/c5ccccc5)[C@@H](O)[C@@H](O[C@H]5[C@H](NC(=O)/C=C/c6ccccc6)[C@@H](O)[C@@H](O[C@H]6[C@H](NC(=O)/C=C/c7ccccc7)[C@@H](O)[C@@H](O[C@H]7[C@H](NC(=O)/C=C/c8ccccc8)[C@@H](O)[C@@H](O[C@@H]1[C@@H](CO)O2)O[C@@H]7CO)O[C@@H]6CO)O[C@@H]5CO)O[C@@H]4CO)O[C@@H]3CO. The minimum atomic E-state index is -2.25. The standard InChI is InChI=1S/C90H102N6O30/c97-43-55-79-67(91-61(103)37-31-49-19-7-1-8-20-49)73(109)85(115-55)122-80-56(44-98)117-87(75(111)69(80)93-63(105)39-33-51-23-11-3-12-24-51)124-82-58(46-100)119-89(77(113)71(82)95-65(107)41-35-53-27-15-5-16-28-53)126-84-60(48-102)120-90(78(114)72(84)96-66(108)42-36-54-29-17-6-18-30-54)125-83-59(47-101)118-88(76(112)70(83)94-64(106)40-34-52-25-13-4-14-26-52)123-81-57(45-99)116-86(121-79)74(110)68(81)92-62(104)38-32-50-21-9-2-10-22-50/h1-42,55-60,67-90,97-102,109-114H,43-48H2,(H,91,103)(H,92,104)(H,93,105)(H,94,106)(H,95,107)(H,96,108)/b37-31+,38-32+,39-33+,40-34+,41-35+,42-36+/t55-,56-,57-,58-,59-,60-,67-,68-,69-,70-,71-,72-,73-,74-,75-,76-,77-,78-,79-,80-,81-,82-,83-,84-,85-,86-,87-,88-,89-,90-/m1/s1. The van der Waals surface area contributed by atoms with Gasteiger partial charge in [-0.1, -0.05) is 182 Å². The molecule has 0 aliphatic carbocycles. The van der Waals surface area contributed by atoms with E-state index in [0.29, 0.717) is 33.4 Å². The van der Waals surface area contributed by atoms with Gasteiger partial charge in [0.25, 0.3) is 0 Å². The number of hydrogen-bond donors (Lipinski definition) is 18. The van der Waals surface area contributed by atoms with E-state index in [1.807, 2.05) is 0 Å². The third-order valence-electron chi connectivity index (χ3n) is 22.1. The first kappa shape index (κ1) is 93.3. The zero-order valence-corrected chi connectivity index (χ0v) is 67.5. The van der Waals surface area contributed by atoms with E-state index in [1.165, 1.54) is 36.5 Å². The van der Waals surface area contributed by atoms with Crippen LogP contribution in [0.25, 0.3) is 36.5 Å². The van der Waals surface area contributed by atoms with E-state index in [2.05, 4.69) is 31.9 Å². The van der Waals surface area contributed by atoms with Gasteiger partial charge in [0, 0.05) is 36.5 Å². The van der Waals surface area contributed by atoms with Gasteiger partial charge in [0.1, 0.15) is 110 Å².